The minimum Gasteiger partial charge on any atom is -0.383 e. The van der Waals surface area contributed by atoms with Gasteiger partial charge in [-0.3, -0.25) is 5.41 Å². The molecule has 0 unspecified atom stereocenters. The molecule has 0 atom stereocenters. The van der Waals surface area contributed by atoms with Crippen LogP contribution in [0.1, 0.15) is 47.7 Å². The molecular weight excluding hydrogens is 282 g/mol. The number of amidine groups is 1. The van der Waals surface area contributed by atoms with Crippen LogP contribution in [-0.4, -0.2) is 24.5 Å². The molecule has 0 saturated heterocycles. The van der Waals surface area contributed by atoms with Gasteiger partial charge in [-0.05, 0) is 19.8 Å². The van der Waals surface area contributed by atoms with E-state index in [2.05, 4.69) is 4.98 Å². The van der Waals surface area contributed by atoms with Crippen LogP contribution in [0, 0.1) is 12.3 Å². The monoisotopic (exact) mass is 301 g/mol. The molecule has 0 spiro atoms. The van der Waals surface area contributed by atoms with E-state index in [1.165, 1.54) is 11.3 Å². The van der Waals surface area contributed by atoms with Gasteiger partial charge in [0.25, 0.3) is 0 Å². The molecule has 1 aliphatic rings. The molecule has 3 N–H and O–H groups in total. The molecule has 106 valence electrons. The summed E-state index contributed by atoms with van der Waals surface area (Å²) in [5.41, 5.74) is 6.08. The molecule has 0 aromatic carbocycles. The SMILES string of the molecule is Cc1nc(CS(=O)(=O)C2CCCCC2)sc1C(=N)N. The molecule has 19 heavy (non-hydrogen) atoms. The quantitative estimate of drug-likeness (QED) is 0.656. The Balaban J connectivity index is 2.15. The van der Waals surface area contributed by atoms with Gasteiger partial charge in [0.05, 0.1) is 15.8 Å². The number of nitrogens with zero attached hydrogens (tertiary/aromatic N) is 1. The van der Waals surface area contributed by atoms with Crippen molar-refractivity contribution in [1.29, 1.82) is 5.41 Å². The third kappa shape index (κ3) is 3.33. The molecule has 1 saturated carbocycles. The van der Waals surface area contributed by atoms with Crippen molar-refractivity contribution in [3.63, 3.8) is 0 Å². The van der Waals surface area contributed by atoms with E-state index < -0.39 is 9.84 Å². The van der Waals surface area contributed by atoms with Crippen LogP contribution >= 0.6 is 11.3 Å². The van der Waals surface area contributed by atoms with E-state index in [0.717, 1.165) is 32.1 Å². The highest BCUT2D eigenvalue weighted by Gasteiger charge is 2.28. The predicted octanol–water partition coefficient (Wildman–Crippen LogP) is 1.98. The van der Waals surface area contributed by atoms with Gasteiger partial charge in [0.1, 0.15) is 16.6 Å². The van der Waals surface area contributed by atoms with Gasteiger partial charge in [-0.15, -0.1) is 11.3 Å². The summed E-state index contributed by atoms with van der Waals surface area (Å²) in [6.45, 7) is 1.75. The summed E-state index contributed by atoms with van der Waals surface area (Å²) < 4.78 is 24.7. The Morgan fingerprint density at radius 3 is 2.58 bits per heavy atom. The fourth-order valence-electron chi connectivity index (χ4n) is 2.48. The van der Waals surface area contributed by atoms with Crippen molar-refractivity contribution in [2.75, 3.05) is 0 Å². The first-order valence-electron chi connectivity index (χ1n) is 6.42. The Morgan fingerprint density at radius 2 is 2.05 bits per heavy atom. The fourth-order valence-corrected chi connectivity index (χ4v) is 5.62. The number of rotatable bonds is 4. The normalized spacial score (nSPS) is 17.5. The molecule has 1 fully saturated rings. The second-order valence-electron chi connectivity index (χ2n) is 5.00. The summed E-state index contributed by atoms with van der Waals surface area (Å²) in [6.07, 6.45) is 4.67. The third-order valence-electron chi connectivity index (χ3n) is 3.47. The van der Waals surface area contributed by atoms with Gasteiger partial charge in [0, 0.05) is 0 Å². The van der Waals surface area contributed by atoms with Gasteiger partial charge in [-0.2, -0.15) is 0 Å². The number of thiazole rings is 1. The summed E-state index contributed by atoms with van der Waals surface area (Å²) in [6, 6.07) is 0. The lowest BCUT2D eigenvalue weighted by Gasteiger charge is -2.21. The summed E-state index contributed by atoms with van der Waals surface area (Å²) in [5, 5.41) is 7.75. The van der Waals surface area contributed by atoms with Gasteiger partial charge < -0.3 is 5.73 Å². The molecule has 2 rings (SSSR count). The molecule has 5 nitrogen and oxygen atoms in total. The van der Waals surface area contributed by atoms with Crippen LogP contribution in [0.2, 0.25) is 0 Å². The van der Waals surface area contributed by atoms with Gasteiger partial charge >= 0.3 is 0 Å². The zero-order chi connectivity index (χ0) is 14.0. The molecular formula is C12H19N3O2S2. The molecule has 1 aromatic rings. The van der Waals surface area contributed by atoms with Crippen LogP contribution in [-0.2, 0) is 15.6 Å². The highest BCUT2D eigenvalue weighted by molar-refractivity contribution is 7.91. The molecule has 7 heteroatoms. The average Bonchev–Trinajstić information content (AvgIpc) is 2.71. The van der Waals surface area contributed by atoms with E-state index in [1.807, 2.05) is 0 Å². The van der Waals surface area contributed by atoms with Crippen LogP contribution in [0.15, 0.2) is 0 Å². The van der Waals surface area contributed by atoms with Crippen molar-refractivity contribution >= 4 is 27.0 Å². The van der Waals surface area contributed by atoms with Gasteiger partial charge in [-0.25, -0.2) is 13.4 Å². The number of nitrogens with two attached hydrogens (primary N) is 1. The number of aryl methyl sites for hydroxylation is 1. The topological polar surface area (TPSA) is 96.9 Å². The van der Waals surface area contributed by atoms with E-state index in [1.54, 1.807) is 6.92 Å². The van der Waals surface area contributed by atoms with E-state index in [9.17, 15) is 8.42 Å². The van der Waals surface area contributed by atoms with E-state index in [4.69, 9.17) is 11.1 Å². The van der Waals surface area contributed by atoms with Crippen molar-refractivity contribution in [2.45, 2.75) is 50.0 Å². The number of sulfone groups is 1. The van der Waals surface area contributed by atoms with Crippen molar-refractivity contribution < 1.29 is 8.42 Å². The lowest BCUT2D eigenvalue weighted by atomic mass is 10.0. The van der Waals surface area contributed by atoms with Crippen molar-refractivity contribution in [2.24, 2.45) is 5.73 Å². The van der Waals surface area contributed by atoms with Crippen molar-refractivity contribution in [3.05, 3.63) is 15.6 Å². The molecule has 0 aliphatic heterocycles. The van der Waals surface area contributed by atoms with E-state index in [0.29, 0.717) is 15.6 Å². The Kier molecular flexibility index (Phi) is 4.25. The first-order valence-corrected chi connectivity index (χ1v) is 8.95. The molecule has 0 radical (unpaired) electrons. The van der Waals surface area contributed by atoms with Crippen molar-refractivity contribution in [1.82, 2.24) is 4.98 Å². The van der Waals surface area contributed by atoms with Crippen LogP contribution in [0.5, 0.6) is 0 Å². The number of nitrogen functional groups attached to an aromatic ring is 1. The molecule has 1 aliphatic carbocycles. The number of hydrogen-bond donors (Lipinski definition) is 2. The van der Waals surface area contributed by atoms with Crippen LogP contribution in [0.25, 0.3) is 0 Å². The third-order valence-corrected chi connectivity index (χ3v) is 7.01. The zero-order valence-electron chi connectivity index (χ0n) is 11.0. The van der Waals surface area contributed by atoms with Gasteiger partial charge in [0.15, 0.2) is 9.84 Å². The van der Waals surface area contributed by atoms with E-state index in [-0.39, 0.29) is 16.8 Å². The van der Waals surface area contributed by atoms with Gasteiger partial charge in [-0.1, -0.05) is 19.3 Å². The standard InChI is InChI=1S/C12H19N3O2S2/c1-8-11(12(13)14)18-10(15-8)7-19(16,17)9-5-3-2-4-6-9/h9H,2-7H2,1H3,(H3,13,14). The molecule has 1 aromatic heterocycles. The summed E-state index contributed by atoms with van der Waals surface area (Å²) in [5.74, 6) is -0.0625. The highest BCUT2D eigenvalue weighted by Crippen LogP contribution is 2.27. The van der Waals surface area contributed by atoms with Crippen molar-refractivity contribution in [3.8, 4) is 0 Å². The summed E-state index contributed by atoms with van der Waals surface area (Å²) in [7, 11) is -3.13. The Morgan fingerprint density at radius 1 is 1.42 bits per heavy atom. The Bertz CT molecular complexity index is 572. The summed E-state index contributed by atoms with van der Waals surface area (Å²) in [4.78, 5) is 4.81. The second-order valence-corrected chi connectivity index (χ2v) is 8.37. The largest absolute Gasteiger partial charge is 0.383 e. The number of aromatic nitrogens is 1. The molecule has 1 heterocycles. The van der Waals surface area contributed by atoms with Crippen LogP contribution in [0.4, 0.5) is 0 Å². The maximum absolute atomic E-state index is 12.3. The maximum atomic E-state index is 12.3. The lowest BCUT2D eigenvalue weighted by molar-refractivity contribution is 0.483. The number of hydrogen-bond acceptors (Lipinski definition) is 5. The van der Waals surface area contributed by atoms with Crippen LogP contribution < -0.4 is 5.73 Å². The lowest BCUT2D eigenvalue weighted by Crippen LogP contribution is -2.25. The second kappa shape index (κ2) is 5.58. The fraction of sp³-hybridized carbons (Fsp3) is 0.667. The minimum absolute atomic E-state index is 0.0174. The predicted molar refractivity (Wildman–Crippen MR) is 77.4 cm³/mol. The summed E-state index contributed by atoms with van der Waals surface area (Å²) >= 11 is 1.22. The molecule has 0 bridgehead atoms. The van der Waals surface area contributed by atoms with Crippen LogP contribution in [0.3, 0.4) is 0 Å². The first kappa shape index (κ1) is 14.5. The Labute approximate surface area is 117 Å². The zero-order valence-corrected chi connectivity index (χ0v) is 12.6. The minimum atomic E-state index is -3.13. The smallest absolute Gasteiger partial charge is 0.159 e. The average molecular weight is 301 g/mol. The Hall–Kier alpha value is -0.950. The maximum Gasteiger partial charge on any atom is 0.159 e. The highest BCUT2D eigenvalue weighted by atomic mass is 32.2. The van der Waals surface area contributed by atoms with E-state index >= 15 is 0 Å². The van der Waals surface area contributed by atoms with Gasteiger partial charge in [0.2, 0.25) is 0 Å². The number of nitrogens with one attached hydrogen (secondary N) is 1. The molecule has 0 amide bonds. The first-order chi connectivity index (χ1) is 8.90.